The van der Waals surface area contributed by atoms with Gasteiger partial charge in [0.25, 0.3) is 0 Å². The molecule has 1 atom stereocenters. The highest BCUT2D eigenvalue weighted by Gasteiger charge is 2.21. The highest BCUT2D eigenvalue weighted by atomic mass is 16.5. The normalized spacial score (nSPS) is 12.8. The molecule has 0 spiro atoms. The van der Waals surface area contributed by atoms with E-state index >= 15 is 0 Å². The van der Waals surface area contributed by atoms with Crippen LogP contribution in [-0.2, 0) is 22.6 Å². The van der Waals surface area contributed by atoms with Gasteiger partial charge in [0.15, 0.2) is 5.96 Å². The van der Waals surface area contributed by atoms with Gasteiger partial charge in [-0.05, 0) is 47.1 Å². The van der Waals surface area contributed by atoms with E-state index in [4.69, 9.17) is 21.9 Å². The zero-order valence-corrected chi connectivity index (χ0v) is 14.7. The van der Waals surface area contributed by atoms with Gasteiger partial charge < -0.3 is 21.9 Å². The Labute approximate surface area is 153 Å². The number of aliphatic imine (C=N–C) groups is 1. The van der Waals surface area contributed by atoms with Crippen LogP contribution in [0.2, 0.25) is 0 Å². The maximum Gasteiger partial charge on any atom is 0.323 e. The second-order valence-corrected chi connectivity index (χ2v) is 6.44. The summed E-state index contributed by atoms with van der Waals surface area (Å²) in [6.45, 7) is 0.686. The summed E-state index contributed by atoms with van der Waals surface area (Å²) < 4.78 is 5.44. The van der Waals surface area contributed by atoms with Gasteiger partial charge in [-0.2, -0.15) is 0 Å². The highest BCUT2D eigenvalue weighted by molar-refractivity contribution is 5.78. The van der Waals surface area contributed by atoms with Gasteiger partial charge in [-0.15, -0.1) is 0 Å². The molecule has 0 radical (unpaired) electrons. The van der Waals surface area contributed by atoms with Crippen LogP contribution in [0.3, 0.4) is 0 Å². The van der Waals surface area contributed by atoms with Crippen LogP contribution in [0, 0.1) is 0 Å². The van der Waals surface area contributed by atoms with Crippen LogP contribution in [0.5, 0.6) is 0 Å². The molecule has 6 nitrogen and oxygen atoms in total. The van der Waals surface area contributed by atoms with Gasteiger partial charge in [-0.1, -0.05) is 42.5 Å². The predicted octanol–water partition coefficient (Wildman–Crippen LogP) is 1.68. The van der Waals surface area contributed by atoms with Crippen molar-refractivity contribution in [3.63, 3.8) is 0 Å². The molecular formula is C20H24N4O2. The van der Waals surface area contributed by atoms with Gasteiger partial charge in [0, 0.05) is 6.54 Å². The average molecular weight is 352 g/mol. The monoisotopic (exact) mass is 352 g/mol. The number of nitrogens with zero attached hydrogens (tertiary/aromatic N) is 1. The van der Waals surface area contributed by atoms with Crippen LogP contribution in [0.25, 0.3) is 11.1 Å². The van der Waals surface area contributed by atoms with Crippen molar-refractivity contribution in [3.05, 3.63) is 59.2 Å². The molecule has 26 heavy (non-hydrogen) atoms. The van der Waals surface area contributed by atoms with Crippen LogP contribution < -0.4 is 17.2 Å². The Bertz CT molecular complexity index is 828. The van der Waals surface area contributed by atoms with Crippen LogP contribution in [-0.4, -0.2) is 24.5 Å². The lowest BCUT2D eigenvalue weighted by atomic mass is 10.0. The van der Waals surface area contributed by atoms with Gasteiger partial charge >= 0.3 is 5.97 Å². The molecule has 0 fully saturated rings. The fraction of sp³-hybridized carbons (Fsp3) is 0.300. The first-order chi connectivity index (χ1) is 12.6. The van der Waals surface area contributed by atoms with E-state index in [0.717, 1.165) is 12.0 Å². The molecule has 0 aliphatic heterocycles. The SMILES string of the molecule is NC(N)=NCCC[C@H](N)C(=O)OCc1cccc2c1Cc1ccccc1-2. The molecule has 6 N–H and O–H groups in total. The minimum atomic E-state index is -0.668. The van der Waals surface area contributed by atoms with E-state index in [1.54, 1.807) is 0 Å². The minimum absolute atomic E-state index is 0.0417. The highest BCUT2D eigenvalue weighted by Crippen LogP contribution is 2.38. The van der Waals surface area contributed by atoms with Crippen molar-refractivity contribution in [1.82, 2.24) is 0 Å². The number of hydrogen-bond donors (Lipinski definition) is 3. The Morgan fingerprint density at radius 3 is 2.69 bits per heavy atom. The number of carbonyl (C=O) groups is 1. The first-order valence-electron chi connectivity index (χ1n) is 8.73. The van der Waals surface area contributed by atoms with Crippen molar-refractivity contribution in [1.29, 1.82) is 0 Å². The largest absolute Gasteiger partial charge is 0.460 e. The fourth-order valence-corrected chi connectivity index (χ4v) is 3.25. The summed E-state index contributed by atoms with van der Waals surface area (Å²) in [6, 6.07) is 13.8. The van der Waals surface area contributed by atoms with Crippen molar-refractivity contribution < 1.29 is 9.53 Å². The third-order valence-corrected chi connectivity index (χ3v) is 4.59. The molecule has 1 aliphatic carbocycles. The number of benzene rings is 2. The molecule has 0 aromatic heterocycles. The Balaban J connectivity index is 1.58. The average Bonchev–Trinajstić information content (AvgIpc) is 3.02. The second-order valence-electron chi connectivity index (χ2n) is 6.44. The lowest BCUT2D eigenvalue weighted by molar-refractivity contribution is -0.146. The number of nitrogens with two attached hydrogens (primary N) is 3. The fourth-order valence-electron chi connectivity index (χ4n) is 3.25. The molecule has 0 saturated heterocycles. The third-order valence-electron chi connectivity index (χ3n) is 4.59. The van der Waals surface area contributed by atoms with E-state index in [0.29, 0.717) is 19.4 Å². The number of fused-ring (bicyclic) bond motifs is 3. The number of carbonyl (C=O) groups excluding carboxylic acids is 1. The number of esters is 1. The molecule has 136 valence electrons. The van der Waals surface area contributed by atoms with E-state index in [9.17, 15) is 4.79 Å². The predicted molar refractivity (Wildman–Crippen MR) is 102 cm³/mol. The third kappa shape index (κ3) is 4.03. The Morgan fingerprint density at radius 2 is 1.88 bits per heavy atom. The standard InChI is InChI=1S/C20H24N4O2/c21-18(9-4-10-24-20(22)23)19(25)26-12-14-6-3-8-16-15-7-2-1-5-13(15)11-17(14)16/h1-3,5-8,18H,4,9-12,21H2,(H4,22,23,24)/t18-/m0/s1. The van der Waals surface area contributed by atoms with Crippen LogP contribution in [0.15, 0.2) is 47.5 Å². The summed E-state index contributed by atoms with van der Waals surface area (Å²) in [5.41, 5.74) is 22.4. The quantitative estimate of drug-likeness (QED) is 0.259. The van der Waals surface area contributed by atoms with Crippen molar-refractivity contribution >= 4 is 11.9 Å². The number of hydrogen-bond acceptors (Lipinski definition) is 4. The topological polar surface area (TPSA) is 117 Å². The van der Waals surface area contributed by atoms with E-state index in [1.165, 1.54) is 22.3 Å². The molecule has 6 heteroatoms. The molecule has 0 heterocycles. The molecule has 0 unspecified atom stereocenters. The molecule has 1 aliphatic rings. The van der Waals surface area contributed by atoms with Gasteiger partial charge in [-0.25, -0.2) is 0 Å². The van der Waals surface area contributed by atoms with Crippen LogP contribution >= 0.6 is 0 Å². The minimum Gasteiger partial charge on any atom is -0.460 e. The molecule has 3 rings (SSSR count). The molecule has 0 bridgehead atoms. The van der Waals surface area contributed by atoms with E-state index in [-0.39, 0.29) is 12.6 Å². The summed E-state index contributed by atoms with van der Waals surface area (Å²) >= 11 is 0. The summed E-state index contributed by atoms with van der Waals surface area (Å²) in [7, 11) is 0. The van der Waals surface area contributed by atoms with E-state index < -0.39 is 12.0 Å². The molecular weight excluding hydrogens is 328 g/mol. The molecule has 0 amide bonds. The van der Waals surface area contributed by atoms with Crippen molar-refractivity contribution in [2.24, 2.45) is 22.2 Å². The second kappa shape index (κ2) is 8.01. The number of rotatable bonds is 7. The summed E-state index contributed by atoms with van der Waals surface area (Å²) in [5.74, 6) is -0.358. The zero-order chi connectivity index (χ0) is 18.5. The van der Waals surface area contributed by atoms with Crippen LogP contribution in [0.4, 0.5) is 0 Å². The Kier molecular flexibility index (Phi) is 5.53. The Morgan fingerprint density at radius 1 is 1.12 bits per heavy atom. The van der Waals surface area contributed by atoms with Crippen molar-refractivity contribution in [2.45, 2.75) is 31.9 Å². The lowest BCUT2D eigenvalue weighted by Gasteiger charge is -2.13. The number of guanidine groups is 1. The smallest absolute Gasteiger partial charge is 0.323 e. The first kappa shape index (κ1) is 17.9. The van der Waals surface area contributed by atoms with E-state index in [1.807, 2.05) is 24.3 Å². The lowest BCUT2D eigenvalue weighted by Crippen LogP contribution is -2.32. The maximum absolute atomic E-state index is 12.1. The van der Waals surface area contributed by atoms with Gasteiger partial charge in [0.1, 0.15) is 12.6 Å². The first-order valence-corrected chi connectivity index (χ1v) is 8.73. The Hall–Kier alpha value is -2.86. The van der Waals surface area contributed by atoms with Crippen molar-refractivity contribution in [3.8, 4) is 11.1 Å². The van der Waals surface area contributed by atoms with Gasteiger partial charge in [-0.3, -0.25) is 9.79 Å². The van der Waals surface area contributed by atoms with Gasteiger partial charge in [0.05, 0.1) is 0 Å². The van der Waals surface area contributed by atoms with Crippen molar-refractivity contribution in [2.75, 3.05) is 6.54 Å². The molecule has 0 saturated carbocycles. The summed E-state index contributed by atoms with van der Waals surface area (Å²) in [6.07, 6.45) is 1.97. The molecule has 2 aromatic carbocycles. The summed E-state index contributed by atoms with van der Waals surface area (Å²) in [4.78, 5) is 16.0. The maximum atomic E-state index is 12.1. The van der Waals surface area contributed by atoms with Gasteiger partial charge in [0.2, 0.25) is 0 Å². The summed E-state index contributed by atoms with van der Waals surface area (Å²) in [5, 5.41) is 0. The van der Waals surface area contributed by atoms with Crippen LogP contribution in [0.1, 0.15) is 29.5 Å². The number of ether oxygens (including phenoxy) is 1. The van der Waals surface area contributed by atoms with E-state index in [2.05, 4.69) is 23.2 Å². The molecule has 2 aromatic rings. The zero-order valence-electron chi connectivity index (χ0n) is 14.7.